The van der Waals surface area contributed by atoms with Crippen molar-refractivity contribution in [2.75, 3.05) is 12.3 Å². The maximum Gasteiger partial charge on any atom is 0.219 e. The minimum absolute atomic E-state index is 0.00267. The summed E-state index contributed by atoms with van der Waals surface area (Å²) in [5.74, 6) is 0.229. The van der Waals surface area contributed by atoms with Crippen LogP contribution in [-0.2, 0) is 9.59 Å². The first-order chi connectivity index (χ1) is 8.02. The molecule has 17 heavy (non-hydrogen) atoms. The summed E-state index contributed by atoms with van der Waals surface area (Å²) in [6.07, 6.45) is 1.44. The number of nitrogens with one attached hydrogen (secondary N) is 1. The minimum atomic E-state index is -0.551. The Balaban J connectivity index is 3.74. The molecular formula is C12H23NO3S. The Kier molecular flexibility index (Phi) is 9.17. The summed E-state index contributed by atoms with van der Waals surface area (Å²) < 4.78 is 0. The number of aliphatic hydroxyl groups is 1. The molecule has 0 bridgehead atoms. The second kappa shape index (κ2) is 9.48. The maximum absolute atomic E-state index is 11.7. The van der Waals surface area contributed by atoms with Gasteiger partial charge in [0.1, 0.15) is 0 Å². The third-order valence-corrected chi connectivity index (χ3v) is 3.59. The molecule has 0 saturated carbocycles. The molecule has 1 amide bonds. The van der Waals surface area contributed by atoms with Gasteiger partial charge in [-0.25, -0.2) is 0 Å². The quantitative estimate of drug-likeness (QED) is 0.651. The molecule has 2 N–H and O–H groups in total. The number of thioether (sulfide) groups is 1. The molecule has 0 fully saturated rings. The summed E-state index contributed by atoms with van der Waals surface area (Å²) in [6, 6.07) is 0. The highest BCUT2D eigenvalue weighted by molar-refractivity contribution is 8.13. The molecule has 0 radical (unpaired) electrons. The fraction of sp³-hybridized carbons (Fsp3) is 0.833. The van der Waals surface area contributed by atoms with Crippen molar-refractivity contribution in [3.05, 3.63) is 0 Å². The molecule has 0 rings (SSSR count). The Bertz CT molecular complexity index is 246. The largest absolute Gasteiger partial charge is 0.392 e. The highest BCUT2D eigenvalue weighted by Gasteiger charge is 2.21. The van der Waals surface area contributed by atoms with Gasteiger partial charge in [-0.05, 0) is 6.42 Å². The van der Waals surface area contributed by atoms with Crippen molar-refractivity contribution in [1.82, 2.24) is 5.32 Å². The molecule has 1 unspecified atom stereocenters. The Morgan fingerprint density at radius 1 is 1.35 bits per heavy atom. The molecule has 100 valence electrons. The average Bonchev–Trinajstić information content (AvgIpc) is 2.33. The summed E-state index contributed by atoms with van der Waals surface area (Å²) in [5.41, 5.74) is 0. The fourth-order valence-corrected chi connectivity index (χ4v) is 2.13. The molecule has 0 aromatic carbocycles. The number of amides is 1. The Hall–Kier alpha value is -0.550. The minimum Gasteiger partial charge on any atom is -0.392 e. The van der Waals surface area contributed by atoms with Crippen LogP contribution in [0.5, 0.6) is 0 Å². The van der Waals surface area contributed by atoms with Gasteiger partial charge < -0.3 is 10.4 Å². The van der Waals surface area contributed by atoms with Gasteiger partial charge >= 0.3 is 0 Å². The van der Waals surface area contributed by atoms with Crippen LogP contribution in [0.4, 0.5) is 0 Å². The van der Waals surface area contributed by atoms with Gasteiger partial charge in [0.05, 0.1) is 12.0 Å². The van der Waals surface area contributed by atoms with Crippen LogP contribution in [0.25, 0.3) is 0 Å². The second-order valence-corrected chi connectivity index (χ2v) is 5.11. The van der Waals surface area contributed by atoms with E-state index in [0.29, 0.717) is 25.1 Å². The molecule has 0 aliphatic carbocycles. The van der Waals surface area contributed by atoms with Crippen molar-refractivity contribution in [2.45, 2.75) is 46.1 Å². The highest BCUT2D eigenvalue weighted by Crippen LogP contribution is 2.17. The lowest BCUT2D eigenvalue weighted by Crippen LogP contribution is -2.27. The zero-order chi connectivity index (χ0) is 13.3. The van der Waals surface area contributed by atoms with E-state index in [4.69, 9.17) is 0 Å². The van der Waals surface area contributed by atoms with Crippen LogP contribution in [0.1, 0.15) is 40.0 Å². The molecule has 5 heteroatoms. The molecule has 0 aliphatic heterocycles. The van der Waals surface area contributed by atoms with E-state index in [1.54, 1.807) is 13.8 Å². The number of hydrogen-bond donors (Lipinski definition) is 2. The van der Waals surface area contributed by atoms with Crippen molar-refractivity contribution in [1.29, 1.82) is 0 Å². The van der Waals surface area contributed by atoms with Gasteiger partial charge in [-0.2, -0.15) is 0 Å². The van der Waals surface area contributed by atoms with E-state index in [0.717, 1.165) is 6.42 Å². The van der Waals surface area contributed by atoms with E-state index in [2.05, 4.69) is 5.32 Å². The van der Waals surface area contributed by atoms with Crippen LogP contribution in [0.15, 0.2) is 0 Å². The molecule has 0 aromatic rings. The smallest absolute Gasteiger partial charge is 0.219 e. The predicted molar refractivity (Wildman–Crippen MR) is 70.8 cm³/mol. The van der Waals surface area contributed by atoms with Crippen LogP contribution in [-0.4, -0.2) is 34.5 Å². The predicted octanol–water partition coefficient (Wildman–Crippen LogP) is 1.57. The van der Waals surface area contributed by atoms with Gasteiger partial charge in [-0.3, -0.25) is 9.59 Å². The van der Waals surface area contributed by atoms with Crippen molar-refractivity contribution in [3.63, 3.8) is 0 Å². The molecule has 4 nitrogen and oxygen atoms in total. The van der Waals surface area contributed by atoms with Crippen LogP contribution < -0.4 is 5.32 Å². The van der Waals surface area contributed by atoms with E-state index in [1.165, 1.54) is 11.8 Å². The number of carbonyl (C=O) groups is 2. The zero-order valence-electron chi connectivity index (χ0n) is 10.9. The number of hydrogen-bond acceptors (Lipinski definition) is 4. The van der Waals surface area contributed by atoms with Gasteiger partial charge in [0, 0.05) is 18.7 Å². The van der Waals surface area contributed by atoms with Crippen LogP contribution in [0.2, 0.25) is 0 Å². The third kappa shape index (κ3) is 7.39. The monoisotopic (exact) mass is 261 g/mol. The molecule has 0 spiro atoms. The summed E-state index contributed by atoms with van der Waals surface area (Å²) in [7, 11) is 0. The van der Waals surface area contributed by atoms with E-state index >= 15 is 0 Å². The highest BCUT2D eigenvalue weighted by atomic mass is 32.2. The topological polar surface area (TPSA) is 66.4 Å². The first kappa shape index (κ1) is 16.4. The fourth-order valence-electron chi connectivity index (χ4n) is 1.30. The maximum atomic E-state index is 11.7. The number of aliphatic hydroxyl groups excluding tert-OH is 1. The molecule has 0 aromatic heterocycles. The average molecular weight is 261 g/mol. The number of rotatable bonds is 8. The zero-order valence-corrected chi connectivity index (χ0v) is 11.7. The van der Waals surface area contributed by atoms with Gasteiger partial charge in [0.15, 0.2) is 5.12 Å². The first-order valence-electron chi connectivity index (χ1n) is 6.14. The molecular weight excluding hydrogens is 238 g/mol. The number of carbonyl (C=O) groups excluding carboxylic acids is 2. The first-order valence-corrected chi connectivity index (χ1v) is 7.12. The molecule has 0 aliphatic rings. The third-order valence-electron chi connectivity index (χ3n) is 2.52. The van der Waals surface area contributed by atoms with Gasteiger partial charge in [0.2, 0.25) is 5.91 Å². The standard InChI is InChI=1S/C12H23NO3S/c1-4-6-10(14)9(3)12(16)17-8-7-13-11(15)5-2/h9-10,14H,4-8H2,1-3H3,(H,13,15)/t9-,10?/m0/s1. The lowest BCUT2D eigenvalue weighted by Gasteiger charge is -2.16. The molecule has 0 heterocycles. The van der Waals surface area contributed by atoms with E-state index < -0.39 is 6.10 Å². The Labute approximate surface area is 108 Å². The lowest BCUT2D eigenvalue weighted by atomic mass is 10.0. The normalized spacial score (nSPS) is 14.1. The van der Waals surface area contributed by atoms with Crippen LogP contribution >= 0.6 is 11.8 Å². The SMILES string of the molecule is CCCC(O)[C@H](C)C(=O)SCCNC(=O)CC. The Morgan fingerprint density at radius 3 is 2.53 bits per heavy atom. The second-order valence-electron chi connectivity index (χ2n) is 4.02. The van der Waals surface area contributed by atoms with Gasteiger partial charge in [-0.15, -0.1) is 0 Å². The van der Waals surface area contributed by atoms with Crippen molar-refractivity contribution in [2.24, 2.45) is 5.92 Å². The van der Waals surface area contributed by atoms with Crippen molar-refractivity contribution < 1.29 is 14.7 Å². The molecule has 2 atom stereocenters. The van der Waals surface area contributed by atoms with Crippen molar-refractivity contribution in [3.8, 4) is 0 Å². The van der Waals surface area contributed by atoms with Crippen LogP contribution in [0, 0.1) is 5.92 Å². The summed E-state index contributed by atoms with van der Waals surface area (Å²) >= 11 is 1.18. The summed E-state index contributed by atoms with van der Waals surface area (Å²) in [6.45, 7) is 6.02. The van der Waals surface area contributed by atoms with E-state index in [-0.39, 0.29) is 16.9 Å². The summed E-state index contributed by atoms with van der Waals surface area (Å²) in [5, 5.41) is 12.4. The lowest BCUT2D eigenvalue weighted by molar-refractivity contribution is -0.120. The van der Waals surface area contributed by atoms with E-state index in [9.17, 15) is 14.7 Å². The van der Waals surface area contributed by atoms with Gasteiger partial charge in [-0.1, -0.05) is 39.0 Å². The Morgan fingerprint density at radius 2 is 2.00 bits per heavy atom. The van der Waals surface area contributed by atoms with Crippen molar-refractivity contribution >= 4 is 22.8 Å². The van der Waals surface area contributed by atoms with Gasteiger partial charge in [0.25, 0.3) is 0 Å². The summed E-state index contributed by atoms with van der Waals surface area (Å²) in [4.78, 5) is 22.6. The van der Waals surface area contributed by atoms with Crippen LogP contribution in [0.3, 0.4) is 0 Å². The van der Waals surface area contributed by atoms with E-state index in [1.807, 2.05) is 6.92 Å². The molecule has 0 saturated heterocycles.